The van der Waals surface area contributed by atoms with Crippen LogP contribution in [0.15, 0.2) is 55.6 Å². The third-order valence-electron chi connectivity index (χ3n) is 3.52. The number of rotatable bonds is 4. The van der Waals surface area contributed by atoms with Crippen LogP contribution in [-0.4, -0.2) is 10.9 Å². The molecule has 1 aliphatic heterocycles. The molecule has 0 unspecified atom stereocenters. The molecular formula is C14H12N6O2. The van der Waals surface area contributed by atoms with Gasteiger partial charge in [-0.15, -0.1) is 10.2 Å². The van der Waals surface area contributed by atoms with Gasteiger partial charge in [-0.25, -0.2) is 4.98 Å². The largest absolute Gasteiger partial charge is 0.463 e. The van der Waals surface area contributed by atoms with E-state index in [0.29, 0.717) is 17.3 Å². The Balaban J connectivity index is 1.71. The van der Waals surface area contributed by atoms with Crippen molar-refractivity contribution in [2.24, 2.45) is 26.6 Å². The zero-order valence-electron chi connectivity index (χ0n) is 11.5. The van der Waals surface area contributed by atoms with Crippen molar-refractivity contribution < 1.29 is 9.21 Å². The van der Waals surface area contributed by atoms with Gasteiger partial charge in [-0.05, 0) is 47.6 Å². The Kier molecular flexibility index (Phi) is 2.99. The fourth-order valence-electron chi connectivity index (χ4n) is 2.22. The first-order valence-corrected chi connectivity index (χ1v) is 6.97. The molecule has 1 aliphatic carbocycles. The van der Waals surface area contributed by atoms with Gasteiger partial charge in [0.25, 0.3) is 0 Å². The van der Waals surface area contributed by atoms with E-state index in [-0.39, 0.29) is 11.8 Å². The van der Waals surface area contributed by atoms with Gasteiger partial charge in [-0.1, -0.05) is 0 Å². The molecule has 0 aromatic carbocycles. The lowest BCUT2D eigenvalue weighted by molar-refractivity contribution is -0.117. The number of hydrogen-bond donors (Lipinski definition) is 1. The molecule has 3 heterocycles. The van der Waals surface area contributed by atoms with Crippen LogP contribution in [0.5, 0.6) is 0 Å². The molecule has 8 heteroatoms. The number of carbonyl (C=O) groups excluding carboxylic acids is 1. The number of anilines is 1. The first-order chi connectivity index (χ1) is 10.8. The van der Waals surface area contributed by atoms with Crippen molar-refractivity contribution in [3.63, 3.8) is 0 Å². The van der Waals surface area contributed by atoms with Crippen molar-refractivity contribution in [1.82, 2.24) is 4.98 Å². The molecule has 0 spiro atoms. The van der Waals surface area contributed by atoms with Gasteiger partial charge in [0.2, 0.25) is 12.1 Å². The summed E-state index contributed by atoms with van der Waals surface area (Å²) in [5.41, 5.74) is 1.30. The van der Waals surface area contributed by atoms with E-state index < -0.39 is 6.17 Å². The van der Waals surface area contributed by atoms with Crippen LogP contribution >= 0.6 is 0 Å². The maximum absolute atomic E-state index is 11.9. The summed E-state index contributed by atoms with van der Waals surface area (Å²) in [4.78, 5) is 16.4. The molecule has 1 saturated carbocycles. The van der Waals surface area contributed by atoms with Crippen molar-refractivity contribution in [3.05, 3.63) is 36.1 Å². The molecule has 110 valence electrons. The van der Waals surface area contributed by atoms with Crippen LogP contribution in [0.25, 0.3) is 11.5 Å². The Labute approximate surface area is 125 Å². The Morgan fingerprint density at radius 2 is 2.00 bits per heavy atom. The molecule has 8 nitrogen and oxygen atoms in total. The zero-order chi connectivity index (χ0) is 14.9. The molecule has 4 rings (SSSR count). The number of furan rings is 1. The minimum absolute atomic E-state index is 0.00545. The van der Waals surface area contributed by atoms with Gasteiger partial charge in [0, 0.05) is 11.5 Å². The second-order valence-corrected chi connectivity index (χ2v) is 5.16. The van der Waals surface area contributed by atoms with Crippen LogP contribution in [0, 0.1) is 5.92 Å². The second kappa shape index (κ2) is 5.14. The maximum atomic E-state index is 11.9. The SMILES string of the molecule is O=C(Nc1ccc(C2N=NN=N2)c(-c2ccco2)n1)C1CC1. The van der Waals surface area contributed by atoms with Crippen LogP contribution in [0.2, 0.25) is 0 Å². The molecule has 22 heavy (non-hydrogen) atoms. The van der Waals surface area contributed by atoms with Gasteiger partial charge >= 0.3 is 0 Å². The number of amides is 1. The highest BCUT2D eigenvalue weighted by atomic mass is 16.3. The predicted octanol–water partition coefficient (Wildman–Crippen LogP) is 3.52. The Bertz CT molecular complexity index is 752. The third kappa shape index (κ3) is 2.39. The quantitative estimate of drug-likeness (QED) is 0.932. The predicted molar refractivity (Wildman–Crippen MR) is 75.7 cm³/mol. The van der Waals surface area contributed by atoms with Crippen molar-refractivity contribution in [2.75, 3.05) is 5.32 Å². The lowest BCUT2D eigenvalue weighted by Crippen LogP contribution is -2.14. The topological polar surface area (TPSA) is 105 Å². The second-order valence-electron chi connectivity index (χ2n) is 5.16. The van der Waals surface area contributed by atoms with Crippen molar-refractivity contribution in [3.8, 4) is 11.5 Å². The molecule has 1 fully saturated rings. The number of carbonyl (C=O) groups is 1. The van der Waals surface area contributed by atoms with E-state index in [2.05, 4.69) is 31.0 Å². The first kappa shape index (κ1) is 12.8. The van der Waals surface area contributed by atoms with Crippen LogP contribution in [0.4, 0.5) is 5.82 Å². The summed E-state index contributed by atoms with van der Waals surface area (Å²) in [5.74, 6) is 1.19. The highest BCUT2D eigenvalue weighted by Crippen LogP contribution is 2.34. The van der Waals surface area contributed by atoms with E-state index >= 15 is 0 Å². The molecule has 0 atom stereocenters. The van der Waals surface area contributed by atoms with Gasteiger partial charge in [0.15, 0.2) is 5.76 Å². The van der Waals surface area contributed by atoms with E-state index in [0.717, 1.165) is 18.4 Å². The van der Waals surface area contributed by atoms with Gasteiger partial charge in [0.1, 0.15) is 11.5 Å². The zero-order valence-corrected chi connectivity index (χ0v) is 11.5. The molecule has 2 aromatic heterocycles. The highest BCUT2D eigenvalue weighted by Gasteiger charge is 2.30. The summed E-state index contributed by atoms with van der Waals surface area (Å²) >= 11 is 0. The smallest absolute Gasteiger partial charge is 0.228 e. The molecule has 0 saturated heterocycles. The van der Waals surface area contributed by atoms with Gasteiger partial charge in [-0.3, -0.25) is 4.79 Å². The highest BCUT2D eigenvalue weighted by molar-refractivity contribution is 5.93. The summed E-state index contributed by atoms with van der Waals surface area (Å²) in [7, 11) is 0. The number of aromatic nitrogens is 1. The average Bonchev–Trinajstić information content (AvgIpc) is 3.03. The summed E-state index contributed by atoms with van der Waals surface area (Å²) in [6.45, 7) is 0. The minimum atomic E-state index is -0.527. The van der Waals surface area contributed by atoms with E-state index in [4.69, 9.17) is 4.42 Å². The van der Waals surface area contributed by atoms with Crippen molar-refractivity contribution in [1.29, 1.82) is 0 Å². The number of hydrogen-bond acceptors (Lipinski definition) is 7. The normalized spacial score (nSPS) is 17.1. The van der Waals surface area contributed by atoms with Gasteiger partial charge in [-0.2, -0.15) is 0 Å². The lowest BCUT2D eigenvalue weighted by atomic mass is 10.1. The molecule has 1 N–H and O–H groups in total. The molecule has 2 aromatic rings. The average molecular weight is 296 g/mol. The van der Waals surface area contributed by atoms with Crippen molar-refractivity contribution in [2.45, 2.75) is 19.0 Å². The molecule has 0 bridgehead atoms. The minimum Gasteiger partial charge on any atom is -0.463 e. The number of nitrogens with one attached hydrogen (secondary N) is 1. The standard InChI is InChI=1S/C14H12N6O2/c21-14(8-3-4-8)16-11-6-5-9(13-17-19-20-18-13)12(15-11)10-2-1-7-22-10/h1-2,5-8,13H,3-4H2,(H,15,16,21). The number of pyridine rings is 1. The van der Waals surface area contributed by atoms with Gasteiger partial charge in [0.05, 0.1) is 6.26 Å². The summed E-state index contributed by atoms with van der Waals surface area (Å²) in [6, 6.07) is 7.10. The monoisotopic (exact) mass is 296 g/mol. The lowest BCUT2D eigenvalue weighted by Gasteiger charge is -2.10. The summed E-state index contributed by atoms with van der Waals surface area (Å²) in [6.07, 6.45) is 2.92. The Morgan fingerprint density at radius 1 is 1.18 bits per heavy atom. The maximum Gasteiger partial charge on any atom is 0.228 e. The van der Waals surface area contributed by atoms with Crippen LogP contribution in [-0.2, 0) is 4.79 Å². The molecular weight excluding hydrogens is 284 g/mol. The molecule has 2 aliphatic rings. The summed E-state index contributed by atoms with van der Waals surface area (Å²) in [5, 5.41) is 17.7. The Hall–Kier alpha value is -2.90. The fraction of sp³-hybridized carbons (Fsp3) is 0.286. The van der Waals surface area contributed by atoms with E-state index in [1.54, 1.807) is 30.5 Å². The van der Waals surface area contributed by atoms with E-state index in [1.165, 1.54) is 0 Å². The van der Waals surface area contributed by atoms with E-state index in [1.807, 2.05) is 0 Å². The fourth-order valence-corrected chi connectivity index (χ4v) is 2.22. The third-order valence-corrected chi connectivity index (χ3v) is 3.52. The Morgan fingerprint density at radius 3 is 2.68 bits per heavy atom. The molecule has 1 amide bonds. The van der Waals surface area contributed by atoms with E-state index in [9.17, 15) is 4.79 Å². The van der Waals surface area contributed by atoms with Gasteiger partial charge < -0.3 is 9.73 Å². The van der Waals surface area contributed by atoms with Crippen LogP contribution < -0.4 is 5.32 Å². The number of nitrogens with zero attached hydrogens (tertiary/aromatic N) is 5. The first-order valence-electron chi connectivity index (χ1n) is 6.97. The molecule has 0 radical (unpaired) electrons. The van der Waals surface area contributed by atoms with Crippen LogP contribution in [0.3, 0.4) is 0 Å². The summed E-state index contributed by atoms with van der Waals surface area (Å²) < 4.78 is 5.42. The van der Waals surface area contributed by atoms with Crippen molar-refractivity contribution >= 4 is 11.7 Å². The van der Waals surface area contributed by atoms with Crippen LogP contribution in [0.1, 0.15) is 24.6 Å².